The highest BCUT2D eigenvalue weighted by Crippen LogP contribution is 2.20. The number of nitrogen functional groups attached to an aromatic ring is 1. The van der Waals surface area contributed by atoms with Crippen molar-refractivity contribution < 1.29 is 18.7 Å². The first-order valence-electron chi connectivity index (χ1n) is 6.65. The Kier molecular flexibility index (Phi) is 5.18. The minimum Gasteiger partial charge on any atom is -0.452 e. The minimum atomic E-state index is -0.696. The molecule has 3 N–H and O–H groups in total. The van der Waals surface area contributed by atoms with Crippen LogP contribution in [0.2, 0.25) is 5.02 Å². The van der Waals surface area contributed by atoms with Crippen molar-refractivity contribution in [3.63, 3.8) is 0 Å². The van der Waals surface area contributed by atoms with Crippen LogP contribution < -0.4 is 11.1 Å². The predicted octanol–water partition coefficient (Wildman–Crippen LogP) is 3.17. The number of amides is 1. The molecule has 0 atom stereocenters. The van der Waals surface area contributed by atoms with Crippen molar-refractivity contribution in [1.82, 2.24) is 0 Å². The molecule has 120 valence electrons. The van der Waals surface area contributed by atoms with E-state index in [4.69, 9.17) is 22.1 Å². The summed E-state index contributed by atoms with van der Waals surface area (Å²) in [7, 11) is 0. The van der Waals surface area contributed by atoms with E-state index in [-0.39, 0.29) is 10.6 Å². The predicted molar refractivity (Wildman–Crippen MR) is 85.9 cm³/mol. The molecule has 7 heteroatoms. The number of benzene rings is 2. The van der Waals surface area contributed by atoms with Crippen molar-refractivity contribution in [2.45, 2.75) is 6.92 Å². The molecule has 23 heavy (non-hydrogen) atoms. The maximum atomic E-state index is 13.0. The third kappa shape index (κ3) is 4.20. The van der Waals surface area contributed by atoms with Gasteiger partial charge >= 0.3 is 5.97 Å². The van der Waals surface area contributed by atoms with Gasteiger partial charge in [0, 0.05) is 11.4 Å². The zero-order valence-corrected chi connectivity index (χ0v) is 13.0. The summed E-state index contributed by atoms with van der Waals surface area (Å²) in [6, 6.07) is 8.67. The lowest BCUT2D eigenvalue weighted by Gasteiger charge is -2.09. The zero-order chi connectivity index (χ0) is 17.0. The Morgan fingerprint density at radius 3 is 2.74 bits per heavy atom. The van der Waals surface area contributed by atoms with Crippen molar-refractivity contribution in [1.29, 1.82) is 0 Å². The molecular formula is C16H14ClFN2O3. The van der Waals surface area contributed by atoms with Crippen molar-refractivity contribution >= 4 is 34.9 Å². The van der Waals surface area contributed by atoms with Crippen LogP contribution in [0.15, 0.2) is 36.4 Å². The molecule has 1 amide bonds. The lowest BCUT2D eigenvalue weighted by atomic mass is 10.1. The third-order valence-corrected chi connectivity index (χ3v) is 3.37. The molecule has 5 nitrogen and oxygen atoms in total. The fourth-order valence-electron chi connectivity index (χ4n) is 1.84. The number of hydrogen-bond acceptors (Lipinski definition) is 4. The van der Waals surface area contributed by atoms with Gasteiger partial charge in [0.2, 0.25) is 0 Å². The van der Waals surface area contributed by atoms with Crippen LogP contribution in [0.5, 0.6) is 0 Å². The second-order valence-electron chi connectivity index (χ2n) is 4.79. The van der Waals surface area contributed by atoms with Gasteiger partial charge in [-0.25, -0.2) is 9.18 Å². The van der Waals surface area contributed by atoms with E-state index in [1.165, 1.54) is 18.2 Å². The van der Waals surface area contributed by atoms with Gasteiger partial charge in [-0.05, 0) is 36.8 Å². The fraction of sp³-hybridized carbons (Fsp3) is 0.125. The van der Waals surface area contributed by atoms with E-state index < -0.39 is 24.3 Å². The summed E-state index contributed by atoms with van der Waals surface area (Å²) in [4.78, 5) is 23.7. The molecule has 2 rings (SSSR count). The van der Waals surface area contributed by atoms with Crippen LogP contribution in [0.4, 0.5) is 15.8 Å². The van der Waals surface area contributed by atoms with Crippen LogP contribution in [0.25, 0.3) is 0 Å². The monoisotopic (exact) mass is 336 g/mol. The molecule has 0 aromatic heterocycles. The highest BCUT2D eigenvalue weighted by Gasteiger charge is 2.14. The number of rotatable bonds is 4. The summed E-state index contributed by atoms with van der Waals surface area (Å²) < 4.78 is 17.9. The standard InChI is InChI=1S/C16H14ClFN2O3/c1-9-3-2-4-11(15(9)19)16(22)23-8-14(21)20-10-5-6-13(18)12(17)7-10/h2-7H,8,19H2,1H3,(H,20,21). The molecule has 0 heterocycles. The molecule has 0 saturated carbocycles. The highest BCUT2D eigenvalue weighted by molar-refractivity contribution is 6.31. The Bertz CT molecular complexity index is 765. The average molecular weight is 337 g/mol. The maximum absolute atomic E-state index is 13.0. The molecule has 0 saturated heterocycles. The molecule has 2 aromatic rings. The number of para-hydroxylation sites is 1. The van der Waals surface area contributed by atoms with Crippen LogP contribution in [0.3, 0.4) is 0 Å². The summed E-state index contributed by atoms with van der Waals surface area (Å²) in [6.07, 6.45) is 0. The summed E-state index contributed by atoms with van der Waals surface area (Å²) in [5.74, 6) is -1.86. The van der Waals surface area contributed by atoms with Gasteiger partial charge in [0.15, 0.2) is 6.61 Å². The molecule has 2 aromatic carbocycles. The molecule has 0 fully saturated rings. The number of nitrogens with two attached hydrogens (primary N) is 1. The first-order chi connectivity index (χ1) is 10.9. The van der Waals surface area contributed by atoms with Crippen molar-refractivity contribution in [3.05, 3.63) is 58.4 Å². The number of halogens is 2. The summed E-state index contributed by atoms with van der Waals surface area (Å²) in [6.45, 7) is 1.26. The van der Waals surface area contributed by atoms with Gasteiger partial charge in [-0.3, -0.25) is 4.79 Å². The van der Waals surface area contributed by atoms with Gasteiger partial charge in [-0.15, -0.1) is 0 Å². The van der Waals surface area contributed by atoms with E-state index in [0.29, 0.717) is 11.4 Å². The van der Waals surface area contributed by atoms with Crippen LogP contribution >= 0.6 is 11.6 Å². The molecule has 0 radical (unpaired) electrons. The van der Waals surface area contributed by atoms with Gasteiger partial charge in [0.05, 0.1) is 10.6 Å². The number of carbonyl (C=O) groups excluding carboxylic acids is 2. The Hall–Kier alpha value is -2.60. The molecule has 0 aliphatic rings. The third-order valence-electron chi connectivity index (χ3n) is 3.08. The number of hydrogen-bond donors (Lipinski definition) is 2. The lowest BCUT2D eigenvalue weighted by molar-refractivity contribution is -0.119. The first-order valence-corrected chi connectivity index (χ1v) is 7.03. The highest BCUT2D eigenvalue weighted by atomic mass is 35.5. The van der Waals surface area contributed by atoms with E-state index in [0.717, 1.165) is 11.6 Å². The number of anilines is 2. The number of carbonyl (C=O) groups is 2. The summed E-state index contributed by atoms with van der Waals surface area (Å²) in [5.41, 5.74) is 7.34. The maximum Gasteiger partial charge on any atom is 0.340 e. The van der Waals surface area contributed by atoms with Crippen molar-refractivity contribution in [3.8, 4) is 0 Å². The van der Waals surface area contributed by atoms with Crippen LogP contribution in [0, 0.1) is 12.7 Å². The Labute approximate surface area is 137 Å². The SMILES string of the molecule is Cc1cccc(C(=O)OCC(=O)Nc2ccc(F)c(Cl)c2)c1N. The van der Waals surface area contributed by atoms with Gasteiger partial charge < -0.3 is 15.8 Å². The number of ether oxygens (including phenoxy) is 1. The van der Waals surface area contributed by atoms with Crippen molar-refractivity contribution in [2.24, 2.45) is 0 Å². The zero-order valence-electron chi connectivity index (χ0n) is 12.2. The fourth-order valence-corrected chi connectivity index (χ4v) is 2.02. The van der Waals surface area contributed by atoms with Crippen LogP contribution in [-0.4, -0.2) is 18.5 Å². The molecule has 0 aliphatic carbocycles. The van der Waals surface area contributed by atoms with E-state index in [2.05, 4.69) is 5.32 Å². The Morgan fingerprint density at radius 2 is 2.04 bits per heavy atom. The second-order valence-corrected chi connectivity index (χ2v) is 5.20. The summed E-state index contributed by atoms with van der Waals surface area (Å²) >= 11 is 5.61. The van der Waals surface area contributed by atoms with Crippen LogP contribution in [-0.2, 0) is 9.53 Å². The quantitative estimate of drug-likeness (QED) is 0.663. The Balaban J connectivity index is 1.94. The second kappa shape index (κ2) is 7.11. The molecule has 0 unspecified atom stereocenters. The van der Waals surface area contributed by atoms with E-state index in [1.54, 1.807) is 19.1 Å². The number of nitrogens with one attached hydrogen (secondary N) is 1. The molecular weight excluding hydrogens is 323 g/mol. The minimum absolute atomic E-state index is 0.118. The lowest BCUT2D eigenvalue weighted by Crippen LogP contribution is -2.21. The molecule has 0 bridgehead atoms. The van der Waals surface area contributed by atoms with Gasteiger partial charge in [-0.1, -0.05) is 23.7 Å². The normalized spacial score (nSPS) is 10.2. The number of aryl methyl sites for hydroxylation is 1. The Morgan fingerprint density at radius 1 is 1.30 bits per heavy atom. The van der Waals surface area contributed by atoms with E-state index in [1.807, 2.05) is 0 Å². The first kappa shape index (κ1) is 16.8. The molecule has 0 spiro atoms. The van der Waals surface area contributed by atoms with Gasteiger partial charge in [0.25, 0.3) is 5.91 Å². The largest absolute Gasteiger partial charge is 0.452 e. The number of esters is 1. The van der Waals surface area contributed by atoms with E-state index in [9.17, 15) is 14.0 Å². The average Bonchev–Trinajstić information content (AvgIpc) is 2.51. The van der Waals surface area contributed by atoms with Crippen LogP contribution in [0.1, 0.15) is 15.9 Å². The van der Waals surface area contributed by atoms with Gasteiger partial charge in [-0.2, -0.15) is 0 Å². The van der Waals surface area contributed by atoms with Crippen molar-refractivity contribution in [2.75, 3.05) is 17.7 Å². The molecule has 0 aliphatic heterocycles. The topological polar surface area (TPSA) is 81.4 Å². The summed E-state index contributed by atoms with van der Waals surface area (Å²) in [5, 5.41) is 2.33. The van der Waals surface area contributed by atoms with E-state index >= 15 is 0 Å². The smallest absolute Gasteiger partial charge is 0.340 e. The van der Waals surface area contributed by atoms with Gasteiger partial charge in [0.1, 0.15) is 5.82 Å².